The molecule has 3 rings (SSSR count). The van der Waals surface area contributed by atoms with Crippen molar-refractivity contribution in [3.05, 3.63) is 47.5 Å². The fourth-order valence-corrected chi connectivity index (χ4v) is 3.98. The summed E-state index contributed by atoms with van der Waals surface area (Å²) in [6, 6.07) is 6.54. The maximum atomic E-state index is 14.7. The van der Waals surface area contributed by atoms with E-state index in [1.165, 1.54) is 6.07 Å². The van der Waals surface area contributed by atoms with Gasteiger partial charge < -0.3 is 16.0 Å². The van der Waals surface area contributed by atoms with E-state index in [1.807, 2.05) is 40.0 Å². The van der Waals surface area contributed by atoms with E-state index in [0.717, 1.165) is 45.5 Å². The first-order chi connectivity index (χ1) is 15.0. The monoisotopic (exact) mass is 437 g/mol. The number of benzene rings is 1. The van der Waals surface area contributed by atoms with E-state index in [4.69, 9.17) is 4.98 Å². The second kappa shape index (κ2) is 9.10. The molecule has 0 aliphatic carbocycles. The summed E-state index contributed by atoms with van der Waals surface area (Å²) in [7, 11) is 1.81. The smallest absolute Gasteiger partial charge is 0.319 e. The van der Waals surface area contributed by atoms with E-state index in [-0.39, 0.29) is 17.1 Å². The van der Waals surface area contributed by atoms with Crippen LogP contribution in [0.15, 0.2) is 30.5 Å². The molecule has 0 aliphatic heterocycles. The maximum absolute atomic E-state index is 14.7. The Labute approximate surface area is 189 Å². The number of hydrogen-bond acceptors (Lipinski definition) is 4. The number of fused-ring (bicyclic) bond motifs is 1. The highest BCUT2D eigenvalue weighted by Gasteiger charge is 2.18. The number of aryl methyl sites for hydroxylation is 2. The molecule has 1 aromatic carbocycles. The number of pyridine rings is 2. The van der Waals surface area contributed by atoms with Crippen molar-refractivity contribution in [1.29, 1.82) is 0 Å². The van der Waals surface area contributed by atoms with Gasteiger partial charge in [0.2, 0.25) is 0 Å². The normalized spacial score (nSPS) is 12.5. The van der Waals surface area contributed by atoms with Crippen LogP contribution in [0.1, 0.15) is 45.4 Å². The minimum atomic E-state index is -0.475. The van der Waals surface area contributed by atoms with Crippen LogP contribution >= 0.6 is 0 Å². The summed E-state index contributed by atoms with van der Waals surface area (Å²) in [5.41, 5.74) is 4.31. The van der Waals surface area contributed by atoms with E-state index in [2.05, 4.69) is 41.7 Å². The summed E-state index contributed by atoms with van der Waals surface area (Å²) in [6.45, 7) is 12.1. The molecule has 0 aliphatic rings. The van der Waals surface area contributed by atoms with Gasteiger partial charge in [-0.25, -0.2) is 14.2 Å². The molecule has 0 fully saturated rings. The minimum Gasteiger partial charge on any atom is -0.373 e. The summed E-state index contributed by atoms with van der Waals surface area (Å²) in [5.74, 6) is 0.268. The first kappa shape index (κ1) is 23.4. The van der Waals surface area contributed by atoms with Crippen LogP contribution < -0.4 is 16.0 Å². The topological polar surface area (TPSA) is 78.9 Å². The van der Waals surface area contributed by atoms with Gasteiger partial charge in [-0.1, -0.05) is 20.8 Å². The second-order valence-corrected chi connectivity index (χ2v) is 9.54. The summed E-state index contributed by atoms with van der Waals surface area (Å²) in [6.07, 6.45) is 2.58. The Morgan fingerprint density at radius 1 is 1.12 bits per heavy atom. The molecular weight excluding hydrogens is 405 g/mol. The molecule has 0 spiro atoms. The largest absolute Gasteiger partial charge is 0.373 e. The molecule has 3 N–H and O–H groups in total. The van der Waals surface area contributed by atoms with E-state index >= 15 is 0 Å². The zero-order valence-corrected chi connectivity index (χ0v) is 19.9. The molecule has 7 heteroatoms. The van der Waals surface area contributed by atoms with Crippen molar-refractivity contribution in [2.45, 2.75) is 54.0 Å². The molecule has 2 heterocycles. The van der Waals surface area contributed by atoms with Crippen LogP contribution in [0.2, 0.25) is 0 Å². The third kappa shape index (κ3) is 5.52. The van der Waals surface area contributed by atoms with Gasteiger partial charge >= 0.3 is 6.03 Å². The number of carbonyl (C=O) groups is 1. The highest BCUT2D eigenvalue weighted by molar-refractivity contribution is 5.92. The Balaban J connectivity index is 1.91. The van der Waals surface area contributed by atoms with Gasteiger partial charge in [0.05, 0.1) is 11.2 Å². The lowest BCUT2D eigenvalue weighted by Crippen LogP contribution is -2.38. The quantitative estimate of drug-likeness (QED) is 0.455. The molecule has 1 atom stereocenters. The predicted molar refractivity (Wildman–Crippen MR) is 130 cm³/mol. The molecule has 0 saturated heterocycles. The molecule has 2 aromatic heterocycles. The van der Waals surface area contributed by atoms with E-state index < -0.39 is 11.8 Å². The van der Waals surface area contributed by atoms with E-state index in [1.54, 1.807) is 12.3 Å². The van der Waals surface area contributed by atoms with Crippen LogP contribution in [0, 0.1) is 25.1 Å². The lowest BCUT2D eigenvalue weighted by molar-refractivity contribution is 0.243. The van der Waals surface area contributed by atoms with Crippen molar-refractivity contribution in [2.24, 2.45) is 5.41 Å². The van der Waals surface area contributed by atoms with Crippen LogP contribution in [0.5, 0.6) is 0 Å². The molecule has 0 unspecified atom stereocenters. The molecule has 0 bridgehead atoms. The van der Waals surface area contributed by atoms with Gasteiger partial charge in [-0.3, -0.25) is 4.98 Å². The number of halogens is 1. The number of anilines is 2. The summed E-state index contributed by atoms with van der Waals surface area (Å²) in [4.78, 5) is 21.6. The van der Waals surface area contributed by atoms with Crippen LogP contribution in [0.25, 0.3) is 22.0 Å². The number of amides is 2. The van der Waals surface area contributed by atoms with Gasteiger partial charge in [-0.15, -0.1) is 0 Å². The summed E-state index contributed by atoms with van der Waals surface area (Å²) < 4.78 is 14.7. The highest BCUT2D eigenvalue weighted by Crippen LogP contribution is 2.32. The van der Waals surface area contributed by atoms with Crippen LogP contribution in [-0.2, 0) is 0 Å². The average molecular weight is 438 g/mol. The molecule has 0 radical (unpaired) electrons. The van der Waals surface area contributed by atoms with Gasteiger partial charge in [-0.05, 0) is 61.9 Å². The fraction of sp³-hybridized carbons (Fsp3) is 0.400. The first-order valence-corrected chi connectivity index (χ1v) is 10.8. The van der Waals surface area contributed by atoms with Gasteiger partial charge in [0.25, 0.3) is 0 Å². The molecule has 6 nitrogen and oxygen atoms in total. The Hall–Kier alpha value is -3.22. The molecule has 2 amide bonds. The fourth-order valence-electron chi connectivity index (χ4n) is 3.98. The van der Waals surface area contributed by atoms with Gasteiger partial charge in [0.15, 0.2) is 0 Å². The highest BCUT2D eigenvalue weighted by atomic mass is 19.1. The zero-order valence-electron chi connectivity index (χ0n) is 19.9. The van der Waals surface area contributed by atoms with Crippen molar-refractivity contribution >= 4 is 28.4 Å². The molecule has 170 valence electrons. The number of urea groups is 1. The number of aromatic nitrogens is 2. The van der Waals surface area contributed by atoms with Crippen molar-refractivity contribution in [2.75, 3.05) is 17.7 Å². The van der Waals surface area contributed by atoms with Crippen LogP contribution in [0.4, 0.5) is 20.7 Å². The Bertz CT molecular complexity index is 1150. The number of nitrogens with one attached hydrogen (secondary N) is 3. The standard InChI is InChI=1S/C25H32FN5O/c1-14-8-20(26)22(31-24(32)29-15(2)12-25(4,5)6)10-18(14)19-9-17-13-28-23(27-7)11-21(17)30-16(19)3/h8-11,13,15H,12H2,1-7H3,(H,27,28)(H2,29,31,32)/t15-/m1/s1. The Kier molecular flexibility index (Phi) is 6.67. The molecule has 3 aromatic rings. The lowest BCUT2D eigenvalue weighted by Gasteiger charge is -2.24. The average Bonchev–Trinajstić information content (AvgIpc) is 2.67. The number of nitrogens with zero attached hydrogens (tertiary/aromatic N) is 2. The maximum Gasteiger partial charge on any atom is 0.319 e. The van der Waals surface area contributed by atoms with Crippen molar-refractivity contribution in [3.63, 3.8) is 0 Å². The molecular formula is C25H32FN5O. The minimum absolute atomic E-state index is 0.0371. The lowest BCUT2D eigenvalue weighted by atomic mass is 9.89. The Morgan fingerprint density at radius 2 is 1.84 bits per heavy atom. The van der Waals surface area contributed by atoms with E-state index in [0.29, 0.717) is 0 Å². The van der Waals surface area contributed by atoms with Gasteiger partial charge in [0, 0.05) is 42.0 Å². The third-order valence-electron chi connectivity index (χ3n) is 5.29. The number of hydrogen-bond donors (Lipinski definition) is 3. The first-order valence-electron chi connectivity index (χ1n) is 10.8. The predicted octanol–water partition coefficient (Wildman–Crippen LogP) is 6.04. The van der Waals surface area contributed by atoms with Crippen molar-refractivity contribution in [3.8, 4) is 11.1 Å². The van der Waals surface area contributed by atoms with Crippen molar-refractivity contribution < 1.29 is 9.18 Å². The van der Waals surface area contributed by atoms with E-state index in [9.17, 15) is 9.18 Å². The van der Waals surface area contributed by atoms with Crippen molar-refractivity contribution in [1.82, 2.24) is 15.3 Å². The number of carbonyl (C=O) groups excluding carboxylic acids is 1. The van der Waals surface area contributed by atoms with Gasteiger partial charge in [-0.2, -0.15) is 0 Å². The van der Waals surface area contributed by atoms with Gasteiger partial charge in [0.1, 0.15) is 11.6 Å². The van der Waals surface area contributed by atoms with Crippen LogP contribution in [-0.4, -0.2) is 29.1 Å². The number of rotatable bonds is 5. The third-order valence-corrected chi connectivity index (χ3v) is 5.29. The zero-order chi connectivity index (χ0) is 23.6. The Morgan fingerprint density at radius 3 is 2.50 bits per heavy atom. The summed E-state index contributed by atoms with van der Waals surface area (Å²) in [5, 5.41) is 9.46. The molecule has 0 saturated carbocycles. The molecule has 32 heavy (non-hydrogen) atoms. The van der Waals surface area contributed by atoms with Crippen LogP contribution in [0.3, 0.4) is 0 Å². The second-order valence-electron chi connectivity index (χ2n) is 9.54. The summed E-state index contributed by atoms with van der Waals surface area (Å²) >= 11 is 0. The SMILES string of the molecule is CNc1cc2nc(C)c(-c3cc(NC(=O)N[C@H](C)CC(C)(C)C)c(F)cc3C)cc2cn1.